The number of aliphatic hydroxyl groups is 1. The van der Waals surface area contributed by atoms with Crippen molar-refractivity contribution in [2.45, 2.75) is 24.9 Å². The molecule has 1 amide bonds. The molecule has 6 nitrogen and oxygen atoms in total. The molecule has 6 heteroatoms. The van der Waals surface area contributed by atoms with E-state index in [4.69, 9.17) is 5.73 Å². The molecular weight excluding hydrogens is 304 g/mol. The van der Waals surface area contributed by atoms with E-state index >= 15 is 0 Å². The summed E-state index contributed by atoms with van der Waals surface area (Å²) < 4.78 is 0. The predicted molar refractivity (Wildman–Crippen MR) is 95.3 cm³/mol. The SMILES string of the molecule is NC(=O)c1ccc(N2CCN(CC3(O)CCCNCC3)CC2)cc1. The second kappa shape index (κ2) is 7.51. The molecule has 1 unspecified atom stereocenters. The molecule has 132 valence electrons. The molecule has 0 bridgehead atoms. The van der Waals surface area contributed by atoms with E-state index in [0.29, 0.717) is 5.56 Å². The normalized spacial score (nSPS) is 26.1. The van der Waals surface area contributed by atoms with Gasteiger partial charge in [0.15, 0.2) is 0 Å². The molecule has 4 N–H and O–H groups in total. The summed E-state index contributed by atoms with van der Waals surface area (Å²) in [4.78, 5) is 15.8. The van der Waals surface area contributed by atoms with Crippen LogP contribution in [0.1, 0.15) is 29.6 Å². The van der Waals surface area contributed by atoms with Crippen LogP contribution in [-0.4, -0.2) is 67.3 Å². The van der Waals surface area contributed by atoms with Crippen LogP contribution in [0, 0.1) is 0 Å². The second-order valence-corrected chi connectivity index (χ2v) is 7.00. The van der Waals surface area contributed by atoms with Gasteiger partial charge in [-0.15, -0.1) is 0 Å². The Labute approximate surface area is 143 Å². The number of benzene rings is 1. The van der Waals surface area contributed by atoms with Crippen LogP contribution in [0.2, 0.25) is 0 Å². The quantitative estimate of drug-likeness (QED) is 0.744. The van der Waals surface area contributed by atoms with Gasteiger partial charge in [-0.05, 0) is 56.6 Å². The molecule has 2 aliphatic heterocycles. The van der Waals surface area contributed by atoms with Gasteiger partial charge in [0.1, 0.15) is 0 Å². The van der Waals surface area contributed by atoms with Gasteiger partial charge in [-0.25, -0.2) is 0 Å². The number of nitrogens with two attached hydrogens (primary N) is 1. The lowest BCUT2D eigenvalue weighted by molar-refractivity contribution is -0.00789. The number of hydrogen-bond acceptors (Lipinski definition) is 5. The first-order valence-corrected chi connectivity index (χ1v) is 8.86. The van der Waals surface area contributed by atoms with Crippen molar-refractivity contribution in [2.75, 3.05) is 50.7 Å². The van der Waals surface area contributed by atoms with E-state index in [2.05, 4.69) is 15.1 Å². The molecule has 2 aliphatic rings. The lowest BCUT2D eigenvalue weighted by Crippen LogP contribution is -2.52. The molecule has 0 aliphatic carbocycles. The van der Waals surface area contributed by atoms with Crippen LogP contribution in [-0.2, 0) is 0 Å². The lowest BCUT2D eigenvalue weighted by atomic mass is 9.94. The zero-order valence-corrected chi connectivity index (χ0v) is 14.2. The number of nitrogens with one attached hydrogen (secondary N) is 1. The minimum atomic E-state index is -0.547. The summed E-state index contributed by atoms with van der Waals surface area (Å²) in [6, 6.07) is 7.48. The molecule has 1 aromatic carbocycles. The lowest BCUT2D eigenvalue weighted by Gasteiger charge is -2.40. The van der Waals surface area contributed by atoms with Crippen molar-refractivity contribution in [2.24, 2.45) is 5.73 Å². The van der Waals surface area contributed by atoms with Gasteiger partial charge in [0.05, 0.1) is 5.60 Å². The Hall–Kier alpha value is -1.63. The fraction of sp³-hybridized carbons (Fsp3) is 0.611. The third-order valence-electron chi connectivity index (χ3n) is 5.17. The fourth-order valence-electron chi connectivity index (χ4n) is 3.69. The first-order valence-electron chi connectivity index (χ1n) is 8.86. The van der Waals surface area contributed by atoms with E-state index in [1.54, 1.807) is 12.1 Å². The van der Waals surface area contributed by atoms with Crippen LogP contribution in [0.5, 0.6) is 0 Å². The summed E-state index contributed by atoms with van der Waals surface area (Å²) in [5.41, 5.74) is 6.40. The van der Waals surface area contributed by atoms with Crippen LogP contribution in [0.3, 0.4) is 0 Å². The highest BCUT2D eigenvalue weighted by atomic mass is 16.3. The number of β-amino-alcohol motifs (C(OH)–C–C–N with tert-alkyl or cyclic N) is 1. The maximum Gasteiger partial charge on any atom is 0.248 e. The molecule has 0 spiro atoms. The number of carbonyl (C=O) groups is 1. The zero-order chi connectivity index (χ0) is 17.0. The van der Waals surface area contributed by atoms with Gasteiger partial charge in [-0.2, -0.15) is 0 Å². The van der Waals surface area contributed by atoms with Crippen LogP contribution in [0.25, 0.3) is 0 Å². The van der Waals surface area contributed by atoms with Gasteiger partial charge < -0.3 is 21.1 Å². The second-order valence-electron chi connectivity index (χ2n) is 7.00. The number of rotatable bonds is 4. The van der Waals surface area contributed by atoms with E-state index < -0.39 is 11.5 Å². The first-order chi connectivity index (χ1) is 11.6. The molecule has 2 fully saturated rings. The number of amides is 1. The summed E-state index contributed by atoms with van der Waals surface area (Å²) in [7, 11) is 0. The summed E-state index contributed by atoms with van der Waals surface area (Å²) in [6.07, 6.45) is 2.76. The monoisotopic (exact) mass is 332 g/mol. The molecule has 1 atom stereocenters. The number of primary amides is 1. The Kier molecular flexibility index (Phi) is 5.38. The third-order valence-corrected chi connectivity index (χ3v) is 5.17. The minimum absolute atomic E-state index is 0.391. The third kappa shape index (κ3) is 4.26. The molecule has 0 radical (unpaired) electrons. The maximum atomic E-state index is 11.1. The summed E-state index contributed by atoms with van der Waals surface area (Å²) in [5.74, 6) is -0.391. The molecular formula is C18H28N4O2. The smallest absolute Gasteiger partial charge is 0.248 e. The molecule has 0 saturated carbocycles. The van der Waals surface area contributed by atoms with Crippen molar-refractivity contribution in [3.05, 3.63) is 29.8 Å². The van der Waals surface area contributed by atoms with Crippen LogP contribution in [0.15, 0.2) is 24.3 Å². The van der Waals surface area contributed by atoms with E-state index in [1.807, 2.05) is 12.1 Å². The van der Waals surface area contributed by atoms with Gasteiger partial charge in [-0.3, -0.25) is 9.69 Å². The van der Waals surface area contributed by atoms with Crippen molar-refractivity contribution >= 4 is 11.6 Å². The zero-order valence-electron chi connectivity index (χ0n) is 14.2. The fourth-order valence-corrected chi connectivity index (χ4v) is 3.69. The highest BCUT2D eigenvalue weighted by molar-refractivity contribution is 5.93. The van der Waals surface area contributed by atoms with Crippen LogP contribution in [0.4, 0.5) is 5.69 Å². The highest BCUT2D eigenvalue weighted by Gasteiger charge is 2.31. The van der Waals surface area contributed by atoms with Crippen LogP contribution >= 0.6 is 0 Å². The van der Waals surface area contributed by atoms with Gasteiger partial charge in [0, 0.05) is 44.0 Å². The Morgan fingerprint density at radius 2 is 1.83 bits per heavy atom. The maximum absolute atomic E-state index is 11.1. The number of anilines is 1. The van der Waals surface area contributed by atoms with Gasteiger partial charge in [0.2, 0.25) is 5.91 Å². The number of piperazine rings is 1. The Morgan fingerprint density at radius 1 is 1.12 bits per heavy atom. The van der Waals surface area contributed by atoms with E-state index in [0.717, 1.165) is 70.8 Å². The van der Waals surface area contributed by atoms with Gasteiger partial charge >= 0.3 is 0 Å². The molecule has 0 aromatic heterocycles. The standard InChI is InChI=1S/C18H28N4O2/c19-17(23)15-2-4-16(5-3-15)22-12-10-21(11-13-22)14-18(24)6-1-8-20-9-7-18/h2-5,20,24H,1,6-14H2,(H2,19,23). The topological polar surface area (TPSA) is 81.8 Å². The minimum Gasteiger partial charge on any atom is -0.389 e. The summed E-state index contributed by atoms with van der Waals surface area (Å²) in [6.45, 7) is 6.46. The Morgan fingerprint density at radius 3 is 2.50 bits per heavy atom. The summed E-state index contributed by atoms with van der Waals surface area (Å²) in [5, 5.41) is 14.2. The Bertz CT molecular complexity index is 545. The summed E-state index contributed by atoms with van der Waals surface area (Å²) >= 11 is 0. The number of nitrogens with zero attached hydrogens (tertiary/aromatic N) is 2. The van der Waals surface area contributed by atoms with E-state index in [9.17, 15) is 9.90 Å². The molecule has 1 aromatic rings. The number of carbonyl (C=O) groups excluding carboxylic acids is 1. The van der Waals surface area contributed by atoms with Gasteiger partial charge in [-0.1, -0.05) is 0 Å². The largest absolute Gasteiger partial charge is 0.389 e. The van der Waals surface area contributed by atoms with Crippen molar-refractivity contribution in [1.82, 2.24) is 10.2 Å². The van der Waals surface area contributed by atoms with Crippen LogP contribution < -0.4 is 16.0 Å². The predicted octanol–water partition coefficient (Wildman–Crippen LogP) is 0.412. The molecule has 2 heterocycles. The average molecular weight is 332 g/mol. The van der Waals surface area contributed by atoms with Gasteiger partial charge in [0.25, 0.3) is 0 Å². The first kappa shape index (κ1) is 17.2. The molecule has 2 saturated heterocycles. The van der Waals surface area contributed by atoms with E-state index in [-0.39, 0.29) is 0 Å². The van der Waals surface area contributed by atoms with E-state index in [1.165, 1.54) is 0 Å². The highest BCUT2D eigenvalue weighted by Crippen LogP contribution is 2.23. The van der Waals surface area contributed by atoms with Crippen molar-refractivity contribution in [3.8, 4) is 0 Å². The molecule has 3 rings (SSSR count). The van der Waals surface area contributed by atoms with Crippen molar-refractivity contribution in [3.63, 3.8) is 0 Å². The average Bonchev–Trinajstić information content (AvgIpc) is 2.80. The number of hydrogen-bond donors (Lipinski definition) is 3. The molecule has 24 heavy (non-hydrogen) atoms. The Balaban J connectivity index is 1.52. The van der Waals surface area contributed by atoms with Crippen molar-refractivity contribution < 1.29 is 9.90 Å². The van der Waals surface area contributed by atoms with Crippen molar-refractivity contribution in [1.29, 1.82) is 0 Å².